The third-order valence-electron chi connectivity index (χ3n) is 10.4. The van der Waals surface area contributed by atoms with E-state index in [1.807, 2.05) is 72.0 Å². The van der Waals surface area contributed by atoms with E-state index in [2.05, 4.69) is 115 Å². The smallest absolute Gasteiger partial charge is 0.167 e. The third kappa shape index (κ3) is 5.09. The summed E-state index contributed by atoms with van der Waals surface area (Å²) in [6, 6.07) is 61.7. The van der Waals surface area contributed by atoms with Gasteiger partial charge in [-0.05, 0) is 57.3 Å². The highest BCUT2D eigenvalue weighted by Crippen LogP contribution is 2.40. The maximum absolute atomic E-state index is 6.39. The number of thiophene rings is 1. The first-order valence-electron chi connectivity index (χ1n) is 18.0. The quantitative estimate of drug-likeness (QED) is 0.179. The van der Waals surface area contributed by atoms with E-state index in [0.717, 1.165) is 44.2 Å². The largest absolute Gasteiger partial charge is 0.455 e. The fourth-order valence-corrected chi connectivity index (χ4v) is 8.86. The number of aromatic nitrogens is 3. The van der Waals surface area contributed by atoms with Gasteiger partial charge in [-0.2, -0.15) is 0 Å². The SMILES string of the molecule is c1ccc(-c2nc(-c3ccc(-c4ccc5c(c4)sc4cc(-c6cccc7ccccc67)ccc45)cc3)nc(-c3cccc4c3oc3ccccc34)n2)cc1. The Morgan fingerprint density at radius 3 is 1.72 bits per heavy atom. The molecule has 0 radical (unpaired) electrons. The summed E-state index contributed by atoms with van der Waals surface area (Å²) in [6.45, 7) is 0. The van der Waals surface area contributed by atoms with Gasteiger partial charge in [0.2, 0.25) is 0 Å². The van der Waals surface area contributed by atoms with E-state index >= 15 is 0 Å². The van der Waals surface area contributed by atoms with E-state index in [-0.39, 0.29) is 0 Å². The van der Waals surface area contributed by atoms with Crippen LogP contribution in [0.4, 0.5) is 0 Å². The first-order chi connectivity index (χ1) is 26.7. The molecule has 0 aliphatic carbocycles. The van der Waals surface area contributed by atoms with Crippen molar-refractivity contribution >= 4 is 64.2 Å². The van der Waals surface area contributed by atoms with Crippen molar-refractivity contribution in [2.45, 2.75) is 0 Å². The number of rotatable bonds is 5. The lowest BCUT2D eigenvalue weighted by Gasteiger charge is -2.09. The summed E-state index contributed by atoms with van der Waals surface area (Å²) in [5.74, 6) is 1.80. The molecule has 0 aliphatic heterocycles. The second kappa shape index (κ2) is 12.3. The molecular weight excluding hydrogens is 679 g/mol. The van der Waals surface area contributed by atoms with E-state index in [1.54, 1.807) is 0 Å². The van der Waals surface area contributed by atoms with Crippen molar-refractivity contribution in [1.29, 1.82) is 0 Å². The zero-order valence-corrected chi connectivity index (χ0v) is 29.7. The molecule has 3 aromatic heterocycles. The fourth-order valence-electron chi connectivity index (χ4n) is 7.68. The van der Waals surface area contributed by atoms with E-state index in [0.29, 0.717) is 17.5 Å². The number of hydrogen-bond donors (Lipinski definition) is 0. The minimum atomic E-state index is 0.575. The molecule has 0 amide bonds. The molecule has 0 saturated heterocycles. The molecule has 0 fully saturated rings. The highest BCUT2D eigenvalue weighted by atomic mass is 32.1. The highest BCUT2D eigenvalue weighted by Gasteiger charge is 2.18. The van der Waals surface area contributed by atoms with Gasteiger partial charge in [0, 0.05) is 42.1 Å². The summed E-state index contributed by atoms with van der Waals surface area (Å²) in [5.41, 5.74) is 9.11. The van der Waals surface area contributed by atoms with Gasteiger partial charge in [0.15, 0.2) is 17.5 Å². The van der Waals surface area contributed by atoms with Gasteiger partial charge in [0.25, 0.3) is 0 Å². The molecule has 0 aliphatic rings. The van der Waals surface area contributed by atoms with Crippen LogP contribution in [0.25, 0.3) is 109 Å². The molecule has 5 heteroatoms. The number of furan rings is 1. The lowest BCUT2D eigenvalue weighted by Crippen LogP contribution is -2.00. The Balaban J connectivity index is 0.970. The Labute approximate surface area is 314 Å². The lowest BCUT2D eigenvalue weighted by atomic mass is 9.97. The summed E-state index contributed by atoms with van der Waals surface area (Å²) < 4.78 is 8.95. The Kier molecular flexibility index (Phi) is 7.00. The van der Waals surface area contributed by atoms with Crippen LogP contribution < -0.4 is 0 Å². The van der Waals surface area contributed by atoms with Crippen molar-refractivity contribution in [2.75, 3.05) is 0 Å². The lowest BCUT2D eigenvalue weighted by molar-refractivity contribution is 0.669. The van der Waals surface area contributed by atoms with Crippen LogP contribution in [-0.2, 0) is 0 Å². The summed E-state index contributed by atoms with van der Waals surface area (Å²) >= 11 is 1.85. The van der Waals surface area contributed by atoms with Crippen molar-refractivity contribution in [3.63, 3.8) is 0 Å². The van der Waals surface area contributed by atoms with Crippen LogP contribution in [0, 0.1) is 0 Å². The molecule has 3 heterocycles. The van der Waals surface area contributed by atoms with Crippen LogP contribution in [0.5, 0.6) is 0 Å². The summed E-state index contributed by atoms with van der Waals surface area (Å²) in [7, 11) is 0. The van der Waals surface area contributed by atoms with Crippen LogP contribution in [0.2, 0.25) is 0 Å². The second-order valence-electron chi connectivity index (χ2n) is 13.6. The van der Waals surface area contributed by atoms with Crippen molar-refractivity contribution in [3.8, 4) is 56.4 Å². The molecule has 4 nitrogen and oxygen atoms in total. The molecule has 11 rings (SSSR count). The zero-order chi connectivity index (χ0) is 35.6. The molecule has 0 bridgehead atoms. The van der Waals surface area contributed by atoms with Crippen molar-refractivity contribution in [1.82, 2.24) is 15.0 Å². The standard InChI is InChI=1S/C49H29N3OS/c1-2-11-32(12-3-1)47-50-48(52-49(51-47)42-18-9-17-41-38-15-6-7-19-43(38)53-46(41)42)33-22-20-30(21-23-33)34-24-26-39-40-27-25-35(29-45(40)54-44(39)28-34)37-16-8-13-31-10-4-5-14-36(31)37/h1-29H. The Morgan fingerprint density at radius 1 is 0.352 bits per heavy atom. The third-order valence-corrected chi connectivity index (χ3v) is 11.5. The van der Waals surface area contributed by atoms with Crippen LogP contribution >= 0.6 is 11.3 Å². The van der Waals surface area contributed by atoms with E-state index < -0.39 is 0 Å². The molecule has 11 aromatic rings. The van der Waals surface area contributed by atoms with E-state index in [4.69, 9.17) is 19.4 Å². The van der Waals surface area contributed by atoms with Crippen molar-refractivity contribution in [3.05, 3.63) is 176 Å². The van der Waals surface area contributed by atoms with Gasteiger partial charge in [-0.15, -0.1) is 11.3 Å². The molecule has 0 atom stereocenters. The van der Waals surface area contributed by atoms with Crippen LogP contribution in [0.1, 0.15) is 0 Å². The average Bonchev–Trinajstić information content (AvgIpc) is 3.81. The molecule has 0 saturated carbocycles. The topological polar surface area (TPSA) is 51.8 Å². The molecule has 0 spiro atoms. The molecular formula is C49H29N3OS. The highest BCUT2D eigenvalue weighted by molar-refractivity contribution is 7.25. The van der Waals surface area contributed by atoms with Gasteiger partial charge in [-0.25, -0.2) is 15.0 Å². The Morgan fingerprint density at radius 2 is 0.907 bits per heavy atom. The monoisotopic (exact) mass is 707 g/mol. The number of nitrogens with zero attached hydrogens (tertiary/aromatic N) is 3. The maximum Gasteiger partial charge on any atom is 0.167 e. The van der Waals surface area contributed by atoms with Crippen molar-refractivity contribution in [2.24, 2.45) is 0 Å². The van der Waals surface area contributed by atoms with E-state index in [9.17, 15) is 0 Å². The van der Waals surface area contributed by atoms with Crippen LogP contribution in [0.15, 0.2) is 180 Å². The van der Waals surface area contributed by atoms with E-state index in [1.165, 1.54) is 47.6 Å². The van der Waals surface area contributed by atoms with Gasteiger partial charge < -0.3 is 4.42 Å². The fraction of sp³-hybridized carbons (Fsp3) is 0. The zero-order valence-electron chi connectivity index (χ0n) is 28.9. The molecule has 0 unspecified atom stereocenters. The predicted molar refractivity (Wildman–Crippen MR) is 225 cm³/mol. The van der Waals surface area contributed by atoms with Gasteiger partial charge in [0.1, 0.15) is 11.2 Å². The second-order valence-corrected chi connectivity index (χ2v) is 14.7. The van der Waals surface area contributed by atoms with Crippen LogP contribution in [0.3, 0.4) is 0 Å². The Bertz CT molecular complexity index is 3210. The normalized spacial score (nSPS) is 11.7. The number of fused-ring (bicyclic) bond motifs is 7. The molecule has 0 N–H and O–H groups in total. The maximum atomic E-state index is 6.39. The van der Waals surface area contributed by atoms with Crippen molar-refractivity contribution < 1.29 is 4.42 Å². The molecule has 8 aromatic carbocycles. The molecule has 252 valence electrons. The van der Waals surface area contributed by atoms with Gasteiger partial charge >= 0.3 is 0 Å². The molecule has 54 heavy (non-hydrogen) atoms. The summed E-state index contributed by atoms with van der Waals surface area (Å²) in [4.78, 5) is 15.0. The minimum absolute atomic E-state index is 0.575. The number of para-hydroxylation sites is 2. The number of benzene rings is 8. The van der Waals surface area contributed by atoms with Gasteiger partial charge in [-0.1, -0.05) is 152 Å². The predicted octanol–water partition coefficient (Wildman–Crippen LogP) is 13.6. The van der Waals surface area contributed by atoms with Gasteiger partial charge in [0.05, 0.1) is 5.56 Å². The first-order valence-corrected chi connectivity index (χ1v) is 18.8. The Hall–Kier alpha value is -6.95. The van der Waals surface area contributed by atoms with Gasteiger partial charge in [-0.3, -0.25) is 0 Å². The summed E-state index contributed by atoms with van der Waals surface area (Å²) in [5, 5.41) is 7.22. The minimum Gasteiger partial charge on any atom is -0.455 e. The number of hydrogen-bond acceptors (Lipinski definition) is 5. The van der Waals surface area contributed by atoms with Crippen LogP contribution in [-0.4, -0.2) is 15.0 Å². The first kappa shape index (κ1) is 30.7. The summed E-state index contributed by atoms with van der Waals surface area (Å²) in [6.07, 6.45) is 0. The average molecular weight is 708 g/mol.